The van der Waals surface area contributed by atoms with E-state index < -0.39 is 0 Å². The van der Waals surface area contributed by atoms with E-state index in [9.17, 15) is 4.79 Å². The number of amides is 1. The van der Waals surface area contributed by atoms with Crippen LogP contribution >= 0.6 is 0 Å². The molecule has 2 N–H and O–H groups in total. The quantitative estimate of drug-likeness (QED) is 0.904. The Labute approximate surface area is 115 Å². The van der Waals surface area contributed by atoms with Gasteiger partial charge in [-0.2, -0.15) is 0 Å². The first-order valence-corrected chi connectivity index (χ1v) is 7.11. The number of benzene rings is 1. The highest BCUT2D eigenvalue weighted by atomic mass is 16.2. The lowest BCUT2D eigenvalue weighted by molar-refractivity contribution is -0.127. The lowest BCUT2D eigenvalue weighted by Crippen LogP contribution is -2.33. The van der Waals surface area contributed by atoms with Crippen molar-refractivity contribution in [2.45, 2.75) is 39.7 Å². The van der Waals surface area contributed by atoms with Gasteiger partial charge in [0.2, 0.25) is 5.91 Å². The number of carbonyl (C=O) groups excluding carboxylic acids is 1. The van der Waals surface area contributed by atoms with Gasteiger partial charge in [-0.15, -0.1) is 0 Å². The van der Waals surface area contributed by atoms with Crippen molar-refractivity contribution < 1.29 is 4.79 Å². The number of hydrogen-bond acceptors (Lipinski definition) is 2. The molecule has 1 aromatic carbocycles. The van der Waals surface area contributed by atoms with Crippen molar-refractivity contribution in [2.75, 3.05) is 13.1 Å². The van der Waals surface area contributed by atoms with Gasteiger partial charge in [-0.25, -0.2) is 0 Å². The van der Waals surface area contributed by atoms with E-state index in [2.05, 4.69) is 39.0 Å². The van der Waals surface area contributed by atoms with Crippen LogP contribution in [0.2, 0.25) is 0 Å². The van der Waals surface area contributed by atoms with Crippen molar-refractivity contribution in [3.05, 3.63) is 34.9 Å². The van der Waals surface area contributed by atoms with Crippen LogP contribution in [0.3, 0.4) is 0 Å². The Morgan fingerprint density at radius 2 is 2.16 bits per heavy atom. The predicted octanol–water partition coefficient (Wildman–Crippen LogP) is 2.56. The molecule has 0 spiro atoms. The van der Waals surface area contributed by atoms with Gasteiger partial charge in [0.05, 0.1) is 0 Å². The maximum absolute atomic E-state index is 11.9. The third-order valence-electron chi connectivity index (χ3n) is 4.11. The van der Waals surface area contributed by atoms with Gasteiger partial charge < -0.3 is 10.6 Å². The summed E-state index contributed by atoms with van der Waals surface area (Å²) in [5.41, 5.74) is 9.89. The summed E-state index contributed by atoms with van der Waals surface area (Å²) in [6.07, 6.45) is 1.76. The first-order valence-electron chi connectivity index (χ1n) is 7.11. The number of hydrogen-bond donors (Lipinski definition) is 1. The van der Waals surface area contributed by atoms with Crippen LogP contribution in [0.4, 0.5) is 0 Å². The van der Waals surface area contributed by atoms with Gasteiger partial charge in [0.15, 0.2) is 0 Å². The van der Waals surface area contributed by atoms with E-state index in [1.165, 1.54) is 11.1 Å². The van der Waals surface area contributed by atoms with Crippen molar-refractivity contribution in [3.8, 4) is 0 Å². The summed E-state index contributed by atoms with van der Waals surface area (Å²) in [4.78, 5) is 13.8. The Kier molecular flexibility index (Phi) is 4.25. The second kappa shape index (κ2) is 5.74. The number of rotatable bonds is 4. The molecule has 3 nitrogen and oxygen atoms in total. The minimum Gasteiger partial charge on any atom is -0.340 e. The van der Waals surface area contributed by atoms with Crippen molar-refractivity contribution in [3.63, 3.8) is 0 Å². The van der Waals surface area contributed by atoms with Crippen molar-refractivity contribution in [1.82, 2.24) is 4.90 Å². The maximum Gasteiger partial charge on any atom is 0.222 e. The summed E-state index contributed by atoms with van der Waals surface area (Å²) in [5, 5.41) is 0. The van der Waals surface area contributed by atoms with Crippen LogP contribution in [-0.4, -0.2) is 23.9 Å². The van der Waals surface area contributed by atoms with Gasteiger partial charge in [0.25, 0.3) is 0 Å². The molecule has 1 fully saturated rings. The van der Waals surface area contributed by atoms with E-state index >= 15 is 0 Å². The van der Waals surface area contributed by atoms with Crippen LogP contribution in [0.15, 0.2) is 18.2 Å². The second-order valence-electron chi connectivity index (χ2n) is 5.74. The standard InChI is InChI=1S/C16H24N2O/c1-4-13-8-16(19)18(9-13)10-15(17)14-6-5-11(2)7-12(14)3/h5-7,13,15H,4,8-10,17H2,1-3H3. The molecule has 3 heteroatoms. The van der Waals surface area contributed by atoms with E-state index in [1.807, 2.05) is 4.90 Å². The Bertz CT molecular complexity index is 470. The number of likely N-dealkylation sites (tertiary alicyclic amines) is 1. The van der Waals surface area contributed by atoms with Crippen LogP contribution in [0, 0.1) is 19.8 Å². The van der Waals surface area contributed by atoms with Crippen LogP contribution in [-0.2, 0) is 4.79 Å². The fourth-order valence-electron chi connectivity index (χ4n) is 2.88. The zero-order valence-corrected chi connectivity index (χ0v) is 12.1. The van der Waals surface area contributed by atoms with E-state index in [1.54, 1.807) is 0 Å². The van der Waals surface area contributed by atoms with E-state index in [4.69, 9.17) is 5.73 Å². The Hall–Kier alpha value is -1.35. The molecule has 0 radical (unpaired) electrons. The zero-order valence-electron chi connectivity index (χ0n) is 12.1. The van der Waals surface area contributed by atoms with Crippen molar-refractivity contribution in [2.24, 2.45) is 11.7 Å². The summed E-state index contributed by atoms with van der Waals surface area (Å²) < 4.78 is 0. The Morgan fingerprint density at radius 1 is 1.42 bits per heavy atom. The summed E-state index contributed by atoms with van der Waals surface area (Å²) in [5.74, 6) is 0.769. The van der Waals surface area contributed by atoms with Gasteiger partial charge in [-0.05, 0) is 30.9 Å². The molecular formula is C16H24N2O. The van der Waals surface area contributed by atoms with Gasteiger partial charge in [0.1, 0.15) is 0 Å². The van der Waals surface area contributed by atoms with Crippen LogP contribution in [0.5, 0.6) is 0 Å². The van der Waals surface area contributed by atoms with Gasteiger partial charge >= 0.3 is 0 Å². The molecule has 1 heterocycles. The van der Waals surface area contributed by atoms with E-state index in [0.29, 0.717) is 18.9 Å². The van der Waals surface area contributed by atoms with Gasteiger partial charge in [0, 0.05) is 25.6 Å². The monoisotopic (exact) mass is 260 g/mol. The highest BCUT2D eigenvalue weighted by Gasteiger charge is 2.29. The predicted molar refractivity (Wildman–Crippen MR) is 77.8 cm³/mol. The third-order valence-corrected chi connectivity index (χ3v) is 4.11. The first-order chi connectivity index (χ1) is 9.01. The largest absolute Gasteiger partial charge is 0.340 e. The molecule has 1 saturated heterocycles. The van der Waals surface area contributed by atoms with Crippen molar-refractivity contribution >= 4 is 5.91 Å². The molecule has 0 bridgehead atoms. The molecule has 1 aliphatic rings. The second-order valence-corrected chi connectivity index (χ2v) is 5.74. The minimum atomic E-state index is -0.0832. The van der Waals surface area contributed by atoms with Crippen LogP contribution in [0.25, 0.3) is 0 Å². The molecule has 2 rings (SSSR count). The van der Waals surface area contributed by atoms with E-state index in [0.717, 1.165) is 18.5 Å². The highest BCUT2D eigenvalue weighted by Crippen LogP contribution is 2.24. The van der Waals surface area contributed by atoms with Gasteiger partial charge in [-0.3, -0.25) is 4.79 Å². The number of nitrogens with two attached hydrogens (primary N) is 1. The summed E-state index contributed by atoms with van der Waals surface area (Å²) in [6.45, 7) is 7.82. The Morgan fingerprint density at radius 3 is 2.74 bits per heavy atom. The smallest absolute Gasteiger partial charge is 0.222 e. The fourth-order valence-corrected chi connectivity index (χ4v) is 2.88. The average Bonchev–Trinajstić information content (AvgIpc) is 2.70. The molecule has 104 valence electrons. The number of nitrogens with zero attached hydrogens (tertiary/aromatic N) is 1. The molecule has 0 saturated carbocycles. The molecule has 1 aromatic rings. The molecular weight excluding hydrogens is 236 g/mol. The number of carbonyl (C=O) groups is 1. The summed E-state index contributed by atoms with van der Waals surface area (Å²) in [7, 11) is 0. The molecule has 2 atom stereocenters. The van der Waals surface area contributed by atoms with Crippen LogP contribution in [0.1, 0.15) is 42.5 Å². The fraction of sp³-hybridized carbons (Fsp3) is 0.562. The molecule has 0 aromatic heterocycles. The third kappa shape index (κ3) is 3.16. The van der Waals surface area contributed by atoms with E-state index in [-0.39, 0.29) is 11.9 Å². The highest BCUT2D eigenvalue weighted by molar-refractivity contribution is 5.78. The topological polar surface area (TPSA) is 46.3 Å². The lowest BCUT2D eigenvalue weighted by atomic mass is 9.99. The normalized spacial score (nSPS) is 20.9. The first kappa shape index (κ1) is 14.1. The lowest BCUT2D eigenvalue weighted by Gasteiger charge is -2.23. The average molecular weight is 260 g/mol. The van der Waals surface area contributed by atoms with Gasteiger partial charge in [-0.1, -0.05) is 37.1 Å². The molecule has 19 heavy (non-hydrogen) atoms. The molecule has 1 aliphatic heterocycles. The molecule has 0 aliphatic carbocycles. The minimum absolute atomic E-state index is 0.0832. The number of aryl methyl sites for hydroxylation is 2. The zero-order chi connectivity index (χ0) is 14.0. The molecule has 1 amide bonds. The Balaban J connectivity index is 2.05. The van der Waals surface area contributed by atoms with Crippen molar-refractivity contribution in [1.29, 1.82) is 0 Å². The maximum atomic E-state index is 11.9. The molecule has 2 unspecified atom stereocenters. The summed E-state index contributed by atoms with van der Waals surface area (Å²) >= 11 is 0. The summed E-state index contributed by atoms with van der Waals surface area (Å²) in [6, 6.07) is 6.24. The van der Waals surface area contributed by atoms with Crippen LogP contribution < -0.4 is 5.73 Å². The SMILES string of the molecule is CCC1CC(=O)N(CC(N)c2ccc(C)cc2C)C1.